The Balaban J connectivity index is 1.39. The van der Waals surface area contributed by atoms with E-state index in [0.717, 1.165) is 36.7 Å². The van der Waals surface area contributed by atoms with Gasteiger partial charge in [0, 0.05) is 31.3 Å². The van der Waals surface area contributed by atoms with E-state index < -0.39 is 0 Å². The van der Waals surface area contributed by atoms with Crippen LogP contribution in [0.15, 0.2) is 40.8 Å². The number of hydrogen-bond donors (Lipinski definition) is 0. The molecule has 1 aliphatic rings. The van der Waals surface area contributed by atoms with Crippen molar-refractivity contribution in [2.45, 2.75) is 33.1 Å². The summed E-state index contributed by atoms with van der Waals surface area (Å²) in [5, 5.41) is 9.33. The van der Waals surface area contributed by atoms with Crippen LogP contribution in [-0.4, -0.2) is 39.1 Å². The number of rotatable bonds is 5. The van der Waals surface area contributed by atoms with Crippen LogP contribution in [0.25, 0.3) is 10.9 Å². The van der Waals surface area contributed by atoms with Crippen LogP contribution >= 0.6 is 0 Å². The Labute approximate surface area is 158 Å². The van der Waals surface area contributed by atoms with Crippen LogP contribution in [-0.2, 0) is 12.8 Å². The molecule has 0 spiro atoms. The summed E-state index contributed by atoms with van der Waals surface area (Å²) in [5.41, 5.74) is 1.36. The molecule has 1 fully saturated rings. The highest BCUT2D eigenvalue weighted by Crippen LogP contribution is 2.23. The van der Waals surface area contributed by atoms with E-state index in [0.29, 0.717) is 35.9 Å². The van der Waals surface area contributed by atoms with Crippen LogP contribution in [0.5, 0.6) is 0 Å². The first-order valence-electron chi connectivity index (χ1n) is 9.55. The van der Waals surface area contributed by atoms with Gasteiger partial charge in [0.05, 0.1) is 5.52 Å². The summed E-state index contributed by atoms with van der Waals surface area (Å²) in [7, 11) is 0. The normalized spacial score (nSPS) is 17.1. The molecule has 2 aromatic heterocycles. The van der Waals surface area contributed by atoms with Gasteiger partial charge in [-0.2, -0.15) is 0 Å². The van der Waals surface area contributed by atoms with Crippen LogP contribution in [0, 0.1) is 11.8 Å². The van der Waals surface area contributed by atoms with Crippen molar-refractivity contribution < 1.29 is 9.21 Å². The van der Waals surface area contributed by atoms with Gasteiger partial charge in [0.15, 0.2) is 0 Å². The molecule has 0 bridgehead atoms. The molecule has 3 aromatic rings. The van der Waals surface area contributed by atoms with Crippen molar-refractivity contribution in [2.75, 3.05) is 13.1 Å². The van der Waals surface area contributed by atoms with Crippen LogP contribution in [0.2, 0.25) is 0 Å². The highest BCUT2D eigenvalue weighted by Gasteiger charge is 2.29. The molecule has 1 atom stereocenters. The Morgan fingerprint density at radius 3 is 2.85 bits per heavy atom. The fraction of sp³-hybridized carbons (Fsp3) is 0.429. The topological polar surface area (TPSA) is 72.1 Å². The second-order valence-corrected chi connectivity index (χ2v) is 7.69. The van der Waals surface area contributed by atoms with E-state index in [9.17, 15) is 4.79 Å². The summed E-state index contributed by atoms with van der Waals surface area (Å²) in [5.74, 6) is 2.21. The van der Waals surface area contributed by atoms with Crippen molar-refractivity contribution in [3.8, 4) is 0 Å². The van der Waals surface area contributed by atoms with Crippen molar-refractivity contribution in [1.29, 1.82) is 0 Å². The summed E-state index contributed by atoms with van der Waals surface area (Å²) in [6, 6.07) is 11.6. The first kappa shape index (κ1) is 17.6. The van der Waals surface area contributed by atoms with Gasteiger partial charge in [-0.05, 0) is 30.4 Å². The van der Waals surface area contributed by atoms with Crippen LogP contribution < -0.4 is 0 Å². The van der Waals surface area contributed by atoms with Crippen molar-refractivity contribution in [3.63, 3.8) is 0 Å². The molecule has 3 heterocycles. The van der Waals surface area contributed by atoms with E-state index >= 15 is 0 Å². The molecule has 0 N–H and O–H groups in total. The summed E-state index contributed by atoms with van der Waals surface area (Å²) < 4.78 is 5.75. The van der Waals surface area contributed by atoms with Crippen LogP contribution in [0.1, 0.15) is 42.5 Å². The third-order valence-corrected chi connectivity index (χ3v) is 4.95. The van der Waals surface area contributed by atoms with E-state index in [1.807, 2.05) is 41.3 Å². The molecule has 1 unspecified atom stereocenters. The fourth-order valence-electron chi connectivity index (χ4n) is 3.58. The molecule has 1 aromatic carbocycles. The van der Waals surface area contributed by atoms with Gasteiger partial charge in [0.25, 0.3) is 5.91 Å². The molecule has 4 rings (SSSR count). The van der Waals surface area contributed by atoms with Gasteiger partial charge >= 0.3 is 0 Å². The first-order chi connectivity index (χ1) is 13.1. The van der Waals surface area contributed by atoms with E-state index in [2.05, 4.69) is 29.0 Å². The average molecular weight is 364 g/mol. The zero-order chi connectivity index (χ0) is 18.8. The summed E-state index contributed by atoms with van der Waals surface area (Å²) in [4.78, 5) is 19.2. The molecule has 0 radical (unpaired) electrons. The molecule has 1 saturated heterocycles. The van der Waals surface area contributed by atoms with Crippen LogP contribution in [0.4, 0.5) is 0 Å². The molecule has 6 nitrogen and oxygen atoms in total. The maximum atomic E-state index is 12.8. The fourth-order valence-corrected chi connectivity index (χ4v) is 3.58. The van der Waals surface area contributed by atoms with Crippen molar-refractivity contribution >= 4 is 16.8 Å². The average Bonchev–Trinajstić information content (AvgIpc) is 3.30. The van der Waals surface area contributed by atoms with Crippen molar-refractivity contribution in [2.24, 2.45) is 11.8 Å². The Morgan fingerprint density at radius 2 is 2.00 bits per heavy atom. The van der Waals surface area contributed by atoms with E-state index in [1.54, 1.807) is 0 Å². The number of amides is 1. The van der Waals surface area contributed by atoms with Gasteiger partial charge in [-0.15, -0.1) is 10.2 Å². The number of aromatic nitrogens is 3. The number of carbonyl (C=O) groups excluding carboxylic acids is 1. The zero-order valence-electron chi connectivity index (χ0n) is 15.8. The van der Waals surface area contributed by atoms with Gasteiger partial charge in [-0.3, -0.25) is 4.79 Å². The number of benzene rings is 1. The smallest absolute Gasteiger partial charge is 0.272 e. The Morgan fingerprint density at radius 1 is 1.19 bits per heavy atom. The predicted octanol–water partition coefficient (Wildman–Crippen LogP) is 3.52. The van der Waals surface area contributed by atoms with Crippen LogP contribution in [0.3, 0.4) is 0 Å². The molecule has 0 saturated carbocycles. The maximum absolute atomic E-state index is 12.8. The van der Waals surface area contributed by atoms with E-state index in [1.165, 1.54) is 0 Å². The quantitative estimate of drug-likeness (QED) is 0.693. The lowest BCUT2D eigenvalue weighted by molar-refractivity contribution is 0.0781. The van der Waals surface area contributed by atoms with Gasteiger partial charge in [0.1, 0.15) is 5.69 Å². The highest BCUT2D eigenvalue weighted by atomic mass is 16.4. The lowest BCUT2D eigenvalue weighted by atomic mass is 10.1. The molecule has 1 amide bonds. The highest BCUT2D eigenvalue weighted by molar-refractivity contribution is 5.95. The molecule has 27 heavy (non-hydrogen) atoms. The second-order valence-electron chi connectivity index (χ2n) is 7.69. The summed E-state index contributed by atoms with van der Waals surface area (Å²) in [6.07, 6.45) is 2.47. The number of carbonyl (C=O) groups is 1. The SMILES string of the molecule is CC(C)Cc1nnc(CC2CCN(C(=O)c3ccc4ccccc4n3)C2)o1. The number of nitrogens with zero attached hydrogens (tertiary/aromatic N) is 4. The third-order valence-electron chi connectivity index (χ3n) is 4.95. The summed E-state index contributed by atoms with van der Waals surface area (Å²) >= 11 is 0. The van der Waals surface area contributed by atoms with Gasteiger partial charge in [-0.25, -0.2) is 4.98 Å². The molecular weight excluding hydrogens is 340 g/mol. The van der Waals surface area contributed by atoms with E-state index in [-0.39, 0.29) is 5.91 Å². The minimum Gasteiger partial charge on any atom is -0.425 e. The Kier molecular flexibility index (Phi) is 4.88. The third kappa shape index (κ3) is 3.99. The predicted molar refractivity (Wildman–Crippen MR) is 102 cm³/mol. The van der Waals surface area contributed by atoms with Gasteiger partial charge in [0.2, 0.25) is 11.8 Å². The largest absolute Gasteiger partial charge is 0.425 e. The van der Waals surface area contributed by atoms with Crippen molar-refractivity contribution in [1.82, 2.24) is 20.1 Å². The molecule has 140 valence electrons. The standard InChI is InChI=1S/C21H24N4O2/c1-14(2)11-19-23-24-20(27-19)12-15-9-10-25(13-15)21(26)18-8-7-16-5-3-4-6-17(16)22-18/h3-8,14-15H,9-13H2,1-2H3. The molecule has 1 aliphatic heterocycles. The number of hydrogen-bond acceptors (Lipinski definition) is 5. The number of para-hydroxylation sites is 1. The monoisotopic (exact) mass is 364 g/mol. The van der Waals surface area contributed by atoms with Gasteiger partial charge in [-0.1, -0.05) is 38.1 Å². The molecule has 6 heteroatoms. The Hall–Kier alpha value is -2.76. The second kappa shape index (κ2) is 7.47. The minimum atomic E-state index is -0.00530. The number of fused-ring (bicyclic) bond motifs is 1. The lowest BCUT2D eigenvalue weighted by Crippen LogP contribution is -2.29. The first-order valence-corrected chi connectivity index (χ1v) is 9.55. The van der Waals surface area contributed by atoms with Gasteiger partial charge < -0.3 is 9.32 Å². The maximum Gasteiger partial charge on any atom is 0.272 e. The zero-order valence-corrected chi connectivity index (χ0v) is 15.8. The number of pyridine rings is 1. The number of likely N-dealkylation sites (tertiary alicyclic amines) is 1. The molecule has 0 aliphatic carbocycles. The minimum absolute atomic E-state index is 0.00530. The Bertz CT molecular complexity index is 950. The van der Waals surface area contributed by atoms with Crippen molar-refractivity contribution in [3.05, 3.63) is 53.9 Å². The van der Waals surface area contributed by atoms with E-state index in [4.69, 9.17) is 4.42 Å². The molecular formula is C21H24N4O2. The lowest BCUT2D eigenvalue weighted by Gasteiger charge is -2.16. The summed E-state index contributed by atoms with van der Waals surface area (Å²) in [6.45, 7) is 5.70.